The van der Waals surface area contributed by atoms with Crippen molar-refractivity contribution < 1.29 is 9.59 Å². The van der Waals surface area contributed by atoms with Crippen LogP contribution in [0.15, 0.2) is 28.7 Å². The highest BCUT2D eigenvalue weighted by molar-refractivity contribution is 9.10. The van der Waals surface area contributed by atoms with E-state index in [9.17, 15) is 9.59 Å². The molecule has 0 aliphatic carbocycles. The highest BCUT2D eigenvalue weighted by atomic mass is 79.9. The van der Waals surface area contributed by atoms with Crippen molar-refractivity contribution in [1.29, 1.82) is 0 Å². The van der Waals surface area contributed by atoms with Crippen LogP contribution in [0.1, 0.15) is 25.8 Å². The molecule has 0 saturated carbocycles. The van der Waals surface area contributed by atoms with E-state index < -0.39 is 0 Å². The summed E-state index contributed by atoms with van der Waals surface area (Å²) in [5.41, 5.74) is 1.12. The van der Waals surface area contributed by atoms with Gasteiger partial charge in [-0.2, -0.15) is 0 Å². The number of carbonyl (C=O) groups excluding carboxylic acids is 2. The van der Waals surface area contributed by atoms with Gasteiger partial charge in [0.2, 0.25) is 11.8 Å². The number of halogens is 1. The van der Waals surface area contributed by atoms with E-state index in [4.69, 9.17) is 0 Å². The molecule has 2 atom stereocenters. The molecule has 0 radical (unpaired) electrons. The van der Waals surface area contributed by atoms with Crippen LogP contribution >= 0.6 is 15.9 Å². The monoisotopic (exact) mass is 478 g/mol. The Balaban J connectivity index is 1.39. The van der Waals surface area contributed by atoms with Gasteiger partial charge >= 0.3 is 0 Å². The van der Waals surface area contributed by atoms with Gasteiger partial charge in [0.25, 0.3) is 0 Å². The zero-order valence-electron chi connectivity index (χ0n) is 18.5. The number of amides is 2. The van der Waals surface area contributed by atoms with Gasteiger partial charge in [0.15, 0.2) is 0 Å². The lowest BCUT2D eigenvalue weighted by Crippen LogP contribution is -2.53. The first-order valence-electron chi connectivity index (χ1n) is 11.0. The van der Waals surface area contributed by atoms with Gasteiger partial charge in [0.05, 0.1) is 13.1 Å². The number of hydrogen-bond acceptors (Lipinski definition) is 4. The molecule has 1 aromatic rings. The first kappa shape index (κ1) is 23.2. The molecule has 2 saturated heterocycles. The van der Waals surface area contributed by atoms with Gasteiger partial charge in [-0.25, -0.2) is 0 Å². The predicted octanol–water partition coefficient (Wildman–Crippen LogP) is 2.53. The summed E-state index contributed by atoms with van der Waals surface area (Å²) in [6.07, 6.45) is 1.22. The van der Waals surface area contributed by atoms with E-state index in [0.717, 1.165) is 49.3 Å². The van der Waals surface area contributed by atoms with Crippen molar-refractivity contribution in [3.63, 3.8) is 0 Å². The van der Waals surface area contributed by atoms with Crippen LogP contribution in [0.4, 0.5) is 0 Å². The molecule has 2 amide bonds. The van der Waals surface area contributed by atoms with Gasteiger partial charge < -0.3 is 9.80 Å². The molecule has 2 aliphatic heterocycles. The fourth-order valence-electron chi connectivity index (χ4n) is 4.53. The molecule has 0 bridgehead atoms. The molecular formula is C23H35BrN4O2. The van der Waals surface area contributed by atoms with Crippen molar-refractivity contribution in [2.45, 2.75) is 26.8 Å². The number of carbonyl (C=O) groups is 2. The first-order valence-corrected chi connectivity index (χ1v) is 11.8. The normalized spacial score (nSPS) is 23.4. The largest absolute Gasteiger partial charge is 0.341 e. The van der Waals surface area contributed by atoms with Gasteiger partial charge in [-0.05, 0) is 36.0 Å². The smallest absolute Gasteiger partial charge is 0.236 e. The summed E-state index contributed by atoms with van der Waals surface area (Å²) in [6, 6.07) is 8.07. The van der Waals surface area contributed by atoms with E-state index in [1.807, 2.05) is 36.2 Å². The summed E-state index contributed by atoms with van der Waals surface area (Å²) in [5.74, 6) is 1.58. The maximum atomic E-state index is 12.7. The van der Waals surface area contributed by atoms with Crippen LogP contribution in [0.5, 0.6) is 0 Å². The van der Waals surface area contributed by atoms with E-state index in [1.54, 1.807) is 4.90 Å². The van der Waals surface area contributed by atoms with Gasteiger partial charge in [0, 0.05) is 57.3 Å². The SMILES string of the molecule is C[C@H]1C[C@H](C)CN(C(=O)CN2CCN(CC(=O)N(C)Cc3ccc(Br)cc3)CC2)C1. The molecule has 0 N–H and O–H groups in total. The van der Waals surface area contributed by atoms with Gasteiger partial charge in [-0.15, -0.1) is 0 Å². The zero-order chi connectivity index (χ0) is 21.7. The molecule has 30 heavy (non-hydrogen) atoms. The molecule has 2 heterocycles. The molecule has 7 heteroatoms. The number of piperazine rings is 1. The minimum atomic E-state index is 0.138. The number of rotatable bonds is 6. The third-order valence-corrected chi connectivity index (χ3v) is 6.69. The standard InChI is InChI=1S/C23H35BrN4O2/c1-18-12-19(2)14-28(13-18)23(30)17-27-10-8-26(9-11-27)16-22(29)25(3)15-20-4-6-21(24)7-5-20/h4-7,18-19H,8-17H2,1-3H3/t18-,19-/m0/s1. The first-order chi connectivity index (χ1) is 14.3. The maximum Gasteiger partial charge on any atom is 0.236 e. The van der Waals surface area contributed by atoms with Crippen LogP contribution in [0.3, 0.4) is 0 Å². The van der Waals surface area contributed by atoms with Gasteiger partial charge in [-0.3, -0.25) is 19.4 Å². The predicted molar refractivity (Wildman–Crippen MR) is 123 cm³/mol. The Labute approximate surface area is 189 Å². The summed E-state index contributed by atoms with van der Waals surface area (Å²) in [5, 5.41) is 0. The van der Waals surface area contributed by atoms with Crippen LogP contribution in [-0.4, -0.2) is 90.8 Å². The molecule has 1 aromatic carbocycles. The second-order valence-corrected chi connectivity index (χ2v) is 10.1. The Morgan fingerprint density at radius 2 is 1.50 bits per heavy atom. The Kier molecular flexibility index (Phi) is 8.31. The minimum absolute atomic E-state index is 0.138. The molecule has 2 aliphatic rings. The Morgan fingerprint density at radius 3 is 2.07 bits per heavy atom. The van der Waals surface area contributed by atoms with Crippen LogP contribution in [-0.2, 0) is 16.1 Å². The van der Waals surface area contributed by atoms with Crippen molar-refractivity contribution in [2.24, 2.45) is 11.8 Å². The van der Waals surface area contributed by atoms with Gasteiger partial charge in [0.1, 0.15) is 0 Å². The van der Waals surface area contributed by atoms with Crippen molar-refractivity contribution >= 4 is 27.7 Å². The fraction of sp³-hybridized carbons (Fsp3) is 0.652. The third-order valence-electron chi connectivity index (χ3n) is 6.16. The zero-order valence-corrected chi connectivity index (χ0v) is 20.1. The van der Waals surface area contributed by atoms with E-state index in [-0.39, 0.29) is 11.8 Å². The fourth-order valence-corrected chi connectivity index (χ4v) is 4.79. The average Bonchev–Trinajstić information content (AvgIpc) is 2.70. The second-order valence-electron chi connectivity index (χ2n) is 9.17. The Hall–Kier alpha value is -1.44. The average molecular weight is 479 g/mol. The van der Waals surface area contributed by atoms with Crippen LogP contribution < -0.4 is 0 Å². The van der Waals surface area contributed by atoms with Crippen LogP contribution in [0.25, 0.3) is 0 Å². The minimum Gasteiger partial charge on any atom is -0.341 e. The number of benzene rings is 1. The molecule has 0 aromatic heterocycles. The second kappa shape index (κ2) is 10.7. The summed E-state index contributed by atoms with van der Waals surface area (Å²) >= 11 is 3.44. The number of likely N-dealkylation sites (tertiary alicyclic amines) is 1. The Morgan fingerprint density at radius 1 is 0.967 bits per heavy atom. The summed E-state index contributed by atoms with van der Waals surface area (Å²) in [6.45, 7) is 11.2. The van der Waals surface area contributed by atoms with Crippen LogP contribution in [0, 0.1) is 11.8 Å². The number of likely N-dealkylation sites (N-methyl/N-ethyl adjacent to an activating group) is 1. The third kappa shape index (κ3) is 6.79. The van der Waals surface area contributed by atoms with E-state index in [1.165, 1.54) is 6.42 Å². The van der Waals surface area contributed by atoms with Crippen molar-refractivity contribution in [3.8, 4) is 0 Å². The lowest BCUT2D eigenvalue weighted by atomic mass is 9.92. The number of hydrogen-bond donors (Lipinski definition) is 0. The maximum absolute atomic E-state index is 12.7. The Bertz CT molecular complexity index is 708. The summed E-state index contributed by atoms with van der Waals surface area (Å²) in [4.78, 5) is 33.6. The lowest BCUT2D eigenvalue weighted by Gasteiger charge is -2.38. The van der Waals surface area contributed by atoms with Crippen molar-refractivity contribution in [1.82, 2.24) is 19.6 Å². The summed E-state index contributed by atoms with van der Waals surface area (Å²) < 4.78 is 1.04. The molecule has 166 valence electrons. The van der Waals surface area contributed by atoms with Crippen molar-refractivity contribution in [2.75, 3.05) is 59.4 Å². The van der Waals surface area contributed by atoms with E-state index in [2.05, 4.69) is 39.6 Å². The molecule has 6 nitrogen and oxygen atoms in total. The van der Waals surface area contributed by atoms with E-state index in [0.29, 0.717) is 31.5 Å². The highest BCUT2D eigenvalue weighted by Gasteiger charge is 2.28. The lowest BCUT2D eigenvalue weighted by molar-refractivity contribution is -0.136. The number of piperidine rings is 1. The highest BCUT2D eigenvalue weighted by Crippen LogP contribution is 2.21. The molecule has 0 spiro atoms. The quantitative estimate of drug-likeness (QED) is 0.630. The van der Waals surface area contributed by atoms with Crippen LogP contribution in [0.2, 0.25) is 0 Å². The molecule has 0 unspecified atom stereocenters. The molecular weight excluding hydrogens is 444 g/mol. The van der Waals surface area contributed by atoms with Crippen molar-refractivity contribution in [3.05, 3.63) is 34.3 Å². The molecule has 3 rings (SSSR count). The molecule has 2 fully saturated rings. The summed E-state index contributed by atoms with van der Waals surface area (Å²) in [7, 11) is 1.86. The van der Waals surface area contributed by atoms with E-state index >= 15 is 0 Å². The topological polar surface area (TPSA) is 47.1 Å². The number of nitrogens with zero attached hydrogens (tertiary/aromatic N) is 4. The van der Waals surface area contributed by atoms with Gasteiger partial charge in [-0.1, -0.05) is 41.9 Å².